The van der Waals surface area contributed by atoms with Gasteiger partial charge in [0.2, 0.25) is 0 Å². The van der Waals surface area contributed by atoms with Crippen molar-refractivity contribution in [3.8, 4) is 11.5 Å². The van der Waals surface area contributed by atoms with Gasteiger partial charge in [0.15, 0.2) is 18.1 Å². The summed E-state index contributed by atoms with van der Waals surface area (Å²) in [5.41, 5.74) is 6.08. The predicted octanol–water partition coefficient (Wildman–Crippen LogP) is 1.78. The first kappa shape index (κ1) is 18.8. The maximum atomic E-state index is 10.9. The second kappa shape index (κ2) is 8.55. The highest BCUT2D eigenvalue weighted by molar-refractivity contribution is 6.32. The fourth-order valence-corrected chi connectivity index (χ4v) is 2.86. The van der Waals surface area contributed by atoms with Crippen LogP contribution < -0.4 is 20.5 Å². The highest BCUT2D eigenvalue weighted by Crippen LogP contribution is 2.36. The summed E-state index contributed by atoms with van der Waals surface area (Å²) < 4.78 is 10.6. The summed E-state index contributed by atoms with van der Waals surface area (Å²) in [5.74, 6) is 0.264. The van der Waals surface area contributed by atoms with E-state index in [0.29, 0.717) is 29.1 Å². The minimum absolute atomic E-state index is 0.237. The van der Waals surface area contributed by atoms with E-state index in [1.54, 1.807) is 0 Å². The summed E-state index contributed by atoms with van der Waals surface area (Å²) in [5, 5.41) is 3.84. The van der Waals surface area contributed by atoms with Crippen LogP contribution in [-0.4, -0.2) is 50.2 Å². The Kier molecular flexibility index (Phi) is 6.71. The van der Waals surface area contributed by atoms with Crippen LogP contribution in [0.5, 0.6) is 11.5 Å². The van der Waals surface area contributed by atoms with Crippen LogP contribution in [-0.2, 0) is 11.3 Å². The van der Waals surface area contributed by atoms with Gasteiger partial charge in [-0.25, -0.2) is 0 Å². The standard InChI is InChI=1S/C17H26ClN3O3/c1-11(21(2)13-4-5-13)8-20-9-12-6-14(18)17(15(7-12)23-3)24-10-16(19)22/h6-7,11,13,20H,4-5,8-10H2,1-3H3,(H2,19,22). The minimum atomic E-state index is -0.562. The Morgan fingerprint density at radius 1 is 1.50 bits per heavy atom. The third kappa shape index (κ3) is 5.26. The molecule has 0 aliphatic heterocycles. The van der Waals surface area contributed by atoms with Crippen molar-refractivity contribution in [2.24, 2.45) is 5.73 Å². The maximum absolute atomic E-state index is 10.9. The first-order chi connectivity index (χ1) is 11.4. The van der Waals surface area contributed by atoms with Crippen molar-refractivity contribution in [1.82, 2.24) is 10.2 Å². The molecule has 1 aliphatic rings. The molecule has 2 rings (SSSR count). The molecule has 1 aliphatic carbocycles. The number of halogens is 1. The summed E-state index contributed by atoms with van der Waals surface area (Å²) in [6.07, 6.45) is 2.61. The minimum Gasteiger partial charge on any atom is -0.493 e. The number of hydrogen-bond acceptors (Lipinski definition) is 5. The van der Waals surface area contributed by atoms with Crippen LogP contribution in [0.2, 0.25) is 5.02 Å². The van der Waals surface area contributed by atoms with Gasteiger partial charge in [0, 0.05) is 25.2 Å². The number of carbonyl (C=O) groups excluding carboxylic acids is 1. The molecule has 134 valence electrons. The molecule has 1 atom stereocenters. The van der Waals surface area contributed by atoms with Gasteiger partial charge in [-0.1, -0.05) is 11.6 Å². The molecule has 0 saturated heterocycles. The number of primary amides is 1. The van der Waals surface area contributed by atoms with Crippen molar-refractivity contribution in [3.63, 3.8) is 0 Å². The molecule has 1 aromatic carbocycles. The summed E-state index contributed by atoms with van der Waals surface area (Å²) in [6.45, 7) is 3.56. The number of nitrogens with one attached hydrogen (secondary N) is 1. The summed E-state index contributed by atoms with van der Waals surface area (Å²) in [7, 11) is 3.71. The zero-order chi connectivity index (χ0) is 17.7. The summed E-state index contributed by atoms with van der Waals surface area (Å²) in [4.78, 5) is 13.3. The van der Waals surface area contributed by atoms with Crippen LogP contribution in [0.25, 0.3) is 0 Å². The molecule has 6 nitrogen and oxygen atoms in total. The predicted molar refractivity (Wildman–Crippen MR) is 94.6 cm³/mol. The molecule has 0 bridgehead atoms. The van der Waals surface area contributed by atoms with Crippen LogP contribution in [0.3, 0.4) is 0 Å². The van der Waals surface area contributed by atoms with Crippen LogP contribution in [0.15, 0.2) is 12.1 Å². The van der Waals surface area contributed by atoms with Crippen molar-refractivity contribution in [2.75, 3.05) is 27.3 Å². The molecule has 0 radical (unpaired) electrons. The van der Waals surface area contributed by atoms with Crippen LogP contribution in [0, 0.1) is 0 Å². The van der Waals surface area contributed by atoms with Crippen molar-refractivity contribution in [2.45, 2.75) is 38.4 Å². The van der Waals surface area contributed by atoms with Crippen molar-refractivity contribution in [1.29, 1.82) is 0 Å². The second-order valence-electron chi connectivity index (χ2n) is 6.24. The van der Waals surface area contributed by atoms with E-state index in [4.69, 9.17) is 26.8 Å². The van der Waals surface area contributed by atoms with E-state index in [1.165, 1.54) is 20.0 Å². The van der Waals surface area contributed by atoms with E-state index in [0.717, 1.165) is 18.2 Å². The van der Waals surface area contributed by atoms with Crippen LogP contribution in [0.4, 0.5) is 0 Å². The smallest absolute Gasteiger partial charge is 0.255 e. The van der Waals surface area contributed by atoms with Gasteiger partial charge in [-0.15, -0.1) is 0 Å². The van der Waals surface area contributed by atoms with Gasteiger partial charge < -0.3 is 20.5 Å². The molecule has 1 fully saturated rings. The third-order valence-electron chi connectivity index (χ3n) is 4.23. The molecule has 1 unspecified atom stereocenters. The largest absolute Gasteiger partial charge is 0.493 e. The number of nitrogens with zero attached hydrogens (tertiary/aromatic N) is 1. The Labute approximate surface area is 148 Å². The third-order valence-corrected chi connectivity index (χ3v) is 4.52. The number of likely N-dealkylation sites (N-methyl/N-ethyl adjacent to an activating group) is 1. The quantitative estimate of drug-likeness (QED) is 0.669. The molecule has 0 heterocycles. The lowest BCUT2D eigenvalue weighted by atomic mass is 10.2. The fourth-order valence-electron chi connectivity index (χ4n) is 2.57. The molecular formula is C17H26ClN3O3. The second-order valence-corrected chi connectivity index (χ2v) is 6.65. The Balaban J connectivity index is 1.92. The monoisotopic (exact) mass is 355 g/mol. The number of benzene rings is 1. The Morgan fingerprint density at radius 3 is 2.79 bits per heavy atom. The average Bonchev–Trinajstić information content (AvgIpc) is 3.37. The number of carbonyl (C=O) groups is 1. The molecule has 0 spiro atoms. The summed E-state index contributed by atoms with van der Waals surface area (Å²) >= 11 is 6.25. The Morgan fingerprint density at radius 2 is 2.21 bits per heavy atom. The van der Waals surface area contributed by atoms with Gasteiger partial charge in [-0.3, -0.25) is 9.69 Å². The molecular weight excluding hydrogens is 330 g/mol. The number of amides is 1. The van der Waals surface area contributed by atoms with E-state index in [9.17, 15) is 4.79 Å². The topological polar surface area (TPSA) is 76.8 Å². The van der Waals surface area contributed by atoms with Crippen LogP contribution >= 0.6 is 11.6 Å². The van der Waals surface area contributed by atoms with E-state index < -0.39 is 5.91 Å². The number of methoxy groups -OCH3 is 1. The zero-order valence-corrected chi connectivity index (χ0v) is 15.2. The van der Waals surface area contributed by atoms with E-state index in [1.807, 2.05) is 12.1 Å². The molecule has 1 amide bonds. The average molecular weight is 356 g/mol. The van der Waals surface area contributed by atoms with Gasteiger partial charge in [0.25, 0.3) is 5.91 Å². The lowest BCUT2D eigenvalue weighted by Gasteiger charge is -2.24. The van der Waals surface area contributed by atoms with E-state index in [-0.39, 0.29) is 6.61 Å². The SMILES string of the molecule is COc1cc(CNCC(C)N(C)C2CC2)cc(Cl)c1OCC(N)=O. The van der Waals surface area contributed by atoms with Gasteiger partial charge in [0.1, 0.15) is 0 Å². The molecule has 7 heteroatoms. The number of ether oxygens (including phenoxy) is 2. The lowest BCUT2D eigenvalue weighted by molar-refractivity contribution is -0.119. The fraction of sp³-hybridized carbons (Fsp3) is 0.588. The normalized spacial score (nSPS) is 15.4. The van der Waals surface area contributed by atoms with E-state index in [2.05, 4.69) is 24.2 Å². The molecule has 1 aromatic rings. The lowest BCUT2D eigenvalue weighted by Crippen LogP contribution is -2.38. The first-order valence-corrected chi connectivity index (χ1v) is 8.50. The highest BCUT2D eigenvalue weighted by Gasteiger charge is 2.28. The first-order valence-electron chi connectivity index (χ1n) is 8.12. The number of hydrogen-bond donors (Lipinski definition) is 2. The molecule has 3 N–H and O–H groups in total. The Hall–Kier alpha value is -1.50. The molecule has 1 saturated carbocycles. The number of rotatable bonds is 10. The van der Waals surface area contributed by atoms with E-state index >= 15 is 0 Å². The van der Waals surface area contributed by atoms with Crippen molar-refractivity contribution < 1.29 is 14.3 Å². The maximum Gasteiger partial charge on any atom is 0.255 e. The van der Waals surface area contributed by atoms with Crippen molar-refractivity contribution in [3.05, 3.63) is 22.7 Å². The zero-order valence-electron chi connectivity index (χ0n) is 14.5. The summed E-state index contributed by atoms with van der Waals surface area (Å²) in [6, 6.07) is 4.89. The van der Waals surface area contributed by atoms with Crippen molar-refractivity contribution >= 4 is 17.5 Å². The molecule has 0 aromatic heterocycles. The number of nitrogens with two attached hydrogens (primary N) is 1. The van der Waals surface area contributed by atoms with Crippen LogP contribution in [0.1, 0.15) is 25.3 Å². The highest BCUT2D eigenvalue weighted by atomic mass is 35.5. The molecule has 24 heavy (non-hydrogen) atoms. The Bertz CT molecular complexity index is 578. The van der Waals surface area contributed by atoms with Gasteiger partial charge in [-0.2, -0.15) is 0 Å². The van der Waals surface area contributed by atoms with Gasteiger partial charge >= 0.3 is 0 Å². The van der Waals surface area contributed by atoms with Gasteiger partial charge in [0.05, 0.1) is 12.1 Å². The van der Waals surface area contributed by atoms with Gasteiger partial charge in [-0.05, 0) is 44.5 Å².